The number of carboxylic acid groups (broad SMARTS) is 1. The third-order valence-electron chi connectivity index (χ3n) is 10.8. The van der Waals surface area contributed by atoms with Crippen LogP contribution in [0.25, 0.3) is 0 Å². The summed E-state index contributed by atoms with van der Waals surface area (Å²) in [6.07, 6.45) is 17.2. The Balaban J connectivity index is 1.53. The summed E-state index contributed by atoms with van der Waals surface area (Å²) in [6, 6.07) is 0. The number of carboxylic acids is 1. The minimum absolute atomic E-state index is 0.0340. The molecule has 1 heterocycles. The SMILES string of the molecule is Cc1c(C)c2c(c(C)c1OC(=O)CC1(CC(=O)O)CCCC1)CC[C@@](C)(CCC[C@H](C)CCC[C@H](C)CCCC(C)C)O2. The van der Waals surface area contributed by atoms with E-state index < -0.39 is 11.4 Å². The highest BCUT2D eigenvalue weighted by molar-refractivity contribution is 5.77. The predicted molar refractivity (Wildman–Crippen MR) is 176 cm³/mol. The van der Waals surface area contributed by atoms with Gasteiger partial charge in [-0.05, 0) is 106 Å². The third-order valence-corrected chi connectivity index (χ3v) is 10.8. The standard InChI is InChI=1S/C38H62O5/c1-26(2)14-11-15-27(3)16-12-17-28(4)18-13-20-37(8)23-19-32-31(7)35(29(5)30(6)36(32)43-37)42-34(41)25-38(24-33(39)40)21-9-10-22-38/h26-28H,9-25H2,1-8H3,(H,39,40)/t27-,28-,37-/m1/s1. The number of hydrogen-bond donors (Lipinski definition) is 1. The van der Waals surface area contributed by atoms with Gasteiger partial charge in [-0.15, -0.1) is 0 Å². The van der Waals surface area contributed by atoms with Crippen molar-refractivity contribution in [2.75, 3.05) is 0 Å². The van der Waals surface area contributed by atoms with Gasteiger partial charge in [0.05, 0.1) is 12.8 Å². The summed E-state index contributed by atoms with van der Waals surface area (Å²) >= 11 is 0. The van der Waals surface area contributed by atoms with Crippen molar-refractivity contribution < 1.29 is 24.2 Å². The van der Waals surface area contributed by atoms with Crippen molar-refractivity contribution in [2.45, 2.75) is 170 Å². The Bertz CT molecular complexity index is 1080. The number of aliphatic carboxylic acids is 1. The molecule has 43 heavy (non-hydrogen) atoms. The van der Waals surface area contributed by atoms with Crippen molar-refractivity contribution in [2.24, 2.45) is 23.2 Å². The molecule has 1 aliphatic heterocycles. The van der Waals surface area contributed by atoms with Crippen LogP contribution < -0.4 is 9.47 Å². The van der Waals surface area contributed by atoms with Gasteiger partial charge in [-0.2, -0.15) is 0 Å². The van der Waals surface area contributed by atoms with Crippen LogP contribution in [0.1, 0.15) is 160 Å². The number of carbonyl (C=O) groups is 2. The first kappa shape index (κ1) is 35.4. The van der Waals surface area contributed by atoms with E-state index in [0.29, 0.717) is 5.75 Å². The van der Waals surface area contributed by atoms with Gasteiger partial charge in [0.25, 0.3) is 0 Å². The highest BCUT2D eigenvalue weighted by Crippen LogP contribution is 2.47. The lowest BCUT2D eigenvalue weighted by Crippen LogP contribution is -2.37. The zero-order valence-electron chi connectivity index (χ0n) is 28.8. The Kier molecular flexibility index (Phi) is 13.0. The second kappa shape index (κ2) is 15.8. The molecule has 1 aromatic carbocycles. The van der Waals surface area contributed by atoms with E-state index in [4.69, 9.17) is 9.47 Å². The van der Waals surface area contributed by atoms with Crippen LogP contribution in [0.5, 0.6) is 11.5 Å². The van der Waals surface area contributed by atoms with Crippen molar-refractivity contribution in [3.8, 4) is 11.5 Å². The molecule has 0 bridgehead atoms. The second-order valence-electron chi connectivity index (χ2n) is 15.4. The van der Waals surface area contributed by atoms with Gasteiger partial charge >= 0.3 is 11.9 Å². The number of fused-ring (bicyclic) bond motifs is 1. The summed E-state index contributed by atoms with van der Waals surface area (Å²) in [5, 5.41) is 9.45. The van der Waals surface area contributed by atoms with E-state index in [1.807, 2.05) is 13.8 Å². The van der Waals surface area contributed by atoms with Gasteiger partial charge in [-0.3, -0.25) is 9.59 Å². The Morgan fingerprint density at radius 2 is 1.40 bits per heavy atom. The third kappa shape index (κ3) is 10.2. The summed E-state index contributed by atoms with van der Waals surface area (Å²) < 4.78 is 12.8. The molecule has 0 amide bonds. The monoisotopic (exact) mass is 598 g/mol. The quantitative estimate of drug-likeness (QED) is 0.143. The minimum Gasteiger partial charge on any atom is -0.487 e. The molecule has 3 rings (SSSR count). The second-order valence-corrected chi connectivity index (χ2v) is 15.4. The topological polar surface area (TPSA) is 72.8 Å². The number of hydrogen-bond acceptors (Lipinski definition) is 4. The molecule has 5 nitrogen and oxygen atoms in total. The van der Waals surface area contributed by atoms with Gasteiger partial charge in [-0.1, -0.05) is 85.5 Å². The summed E-state index contributed by atoms with van der Waals surface area (Å²) in [6.45, 7) is 17.9. The van der Waals surface area contributed by atoms with E-state index >= 15 is 0 Å². The van der Waals surface area contributed by atoms with Gasteiger partial charge in [0.1, 0.15) is 17.1 Å². The summed E-state index contributed by atoms with van der Waals surface area (Å²) in [7, 11) is 0. The van der Waals surface area contributed by atoms with Crippen LogP contribution >= 0.6 is 0 Å². The first-order valence-corrected chi connectivity index (χ1v) is 17.5. The molecule has 2 aliphatic rings. The molecule has 0 spiro atoms. The molecule has 3 atom stereocenters. The summed E-state index contributed by atoms with van der Waals surface area (Å²) in [5.74, 6) is 2.89. The molecular formula is C38H62O5. The van der Waals surface area contributed by atoms with Crippen LogP contribution in [0.3, 0.4) is 0 Å². The lowest BCUT2D eigenvalue weighted by molar-refractivity contribution is -0.142. The molecular weight excluding hydrogens is 536 g/mol. The van der Waals surface area contributed by atoms with Crippen molar-refractivity contribution in [3.05, 3.63) is 22.3 Å². The maximum Gasteiger partial charge on any atom is 0.311 e. The van der Waals surface area contributed by atoms with E-state index in [-0.39, 0.29) is 24.4 Å². The van der Waals surface area contributed by atoms with Crippen LogP contribution in [-0.2, 0) is 16.0 Å². The molecule has 1 N–H and O–H groups in total. The van der Waals surface area contributed by atoms with Crippen LogP contribution in [0.4, 0.5) is 0 Å². The molecule has 0 unspecified atom stereocenters. The van der Waals surface area contributed by atoms with Gasteiger partial charge in [0.2, 0.25) is 0 Å². The molecule has 0 saturated heterocycles. The fourth-order valence-electron chi connectivity index (χ4n) is 7.73. The Morgan fingerprint density at radius 1 is 0.814 bits per heavy atom. The van der Waals surface area contributed by atoms with Crippen LogP contribution in [0.2, 0.25) is 0 Å². The van der Waals surface area contributed by atoms with E-state index in [1.54, 1.807) is 0 Å². The van der Waals surface area contributed by atoms with Crippen molar-refractivity contribution >= 4 is 11.9 Å². The smallest absolute Gasteiger partial charge is 0.311 e. The largest absolute Gasteiger partial charge is 0.487 e. The Morgan fingerprint density at radius 3 is 1.98 bits per heavy atom. The van der Waals surface area contributed by atoms with E-state index in [1.165, 1.54) is 51.4 Å². The van der Waals surface area contributed by atoms with Crippen LogP contribution in [0.15, 0.2) is 0 Å². The molecule has 5 heteroatoms. The summed E-state index contributed by atoms with van der Waals surface area (Å²) in [4.78, 5) is 24.6. The Labute approximate surface area is 262 Å². The number of rotatable bonds is 17. The Hall–Kier alpha value is -2.04. The van der Waals surface area contributed by atoms with Gasteiger partial charge in [-0.25, -0.2) is 0 Å². The van der Waals surface area contributed by atoms with Gasteiger partial charge in [0, 0.05) is 5.56 Å². The normalized spacial score (nSPS) is 20.9. The zero-order chi connectivity index (χ0) is 31.8. The first-order chi connectivity index (χ1) is 20.2. The molecule has 1 aliphatic carbocycles. The van der Waals surface area contributed by atoms with Crippen LogP contribution in [-0.4, -0.2) is 22.6 Å². The van der Waals surface area contributed by atoms with E-state index in [2.05, 4.69) is 41.5 Å². The van der Waals surface area contributed by atoms with Crippen molar-refractivity contribution in [1.82, 2.24) is 0 Å². The number of ether oxygens (including phenoxy) is 2. The first-order valence-electron chi connectivity index (χ1n) is 17.5. The van der Waals surface area contributed by atoms with E-state index in [0.717, 1.165) is 90.7 Å². The maximum atomic E-state index is 13.1. The van der Waals surface area contributed by atoms with Crippen molar-refractivity contribution in [3.63, 3.8) is 0 Å². The molecule has 0 radical (unpaired) electrons. The summed E-state index contributed by atoms with van der Waals surface area (Å²) in [5.41, 5.74) is 3.48. The highest BCUT2D eigenvalue weighted by atomic mass is 16.5. The van der Waals surface area contributed by atoms with Crippen molar-refractivity contribution in [1.29, 1.82) is 0 Å². The fourth-order valence-corrected chi connectivity index (χ4v) is 7.73. The average Bonchev–Trinajstić information content (AvgIpc) is 3.36. The lowest BCUT2D eigenvalue weighted by Gasteiger charge is -2.38. The highest BCUT2D eigenvalue weighted by Gasteiger charge is 2.39. The van der Waals surface area contributed by atoms with E-state index in [9.17, 15) is 14.7 Å². The predicted octanol–water partition coefficient (Wildman–Crippen LogP) is 10.5. The average molecular weight is 599 g/mol. The number of benzene rings is 1. The number of esters is 1. The molecule has 1 aromatic rings. The lowest BCUT2D eigenvalue weighted by atomic mass is 9.79. The zero-order valence-corrected chi connectivity index (χ0v) is 28.8. The van der Waals surface area contributed by atoms with Gasteiger partial charge in [0.15, 0.2) is 0 Å². The van der Waals surface area contributed by atoms with Crippen LogP contribution in [0, 0.1) is 43.9 Å². The minimum atomic E-state index is -0.834. The molecule has 244 valence electrons. The fraction of sp³-hybridized carbons (Fsp3) is 0.789. The molecule has 1 fully saturated rings. The number of carbonyl (C=O) groups excluding carboxylic acids is 1. The van der Waals surface area contributed by atoms with Gasteiger partial charge < -0.3 is 14.6 Å². The molecule has 0 aromatic heterocycles. The molecule has 1 saturated carbocycles. The maximum absolute atomic E-state index is 13.1.